The van der Waals surface area contributed by atoms with Crippen LogP contribution in [0, 0.1) is 23.2 Å². The Morgan fingerprint density at radius 3 is 2.60 bits per heavy atom. The average molecular weight is 286 g/mol. The molecular formula is C18H22OS. The summed E-state index contributed by atoms with van der Waals surface area (Å²) in [6.45, 7) is 8.47. The number of rotatable bonds is 4. The van der Waals surface area contributed by atoms with Crippen LogP contribution in [0.2, 0.25) is 0 Å². The molecule has 106 valence electrons. The van der Waals surface area contributed by atoms with Gasteiger partial charge in [-0.25, -0.2) is 0 Å². The zero-order valence-electron chi connectivity index (χ0n) is 12.2. The molecule has 0 N–H and O–H groups in total. The van der Waals surface area contributed by atoms with Crippen LogP contribution in [-0.2, 0) is 4.79 Å². The first-order chi connectivity index (χ1) is 9.60. The van der Waals surface area contributed by atoms with E-state index in [4.69, 9.17) is 0 Å². The van der Waals surface area contributed by atoms with Crippen LogP contribution in [0.15, 0.2) is 47.9 Å². The molecular weight excluding hydrogens is 264 g/mol. The SMILES string of the molecule is C=CC12CCC(C(C)C)C(C1=O)[C@@H]2Sc1ccccc1. The average Bonchev–Trinajstić information content (AvgIpc) is 2.48. The van der Waals surface area contributed by atoms with Gasteiger partial charge in [-0.1, -0.05) is 38.1 Å². The molecule has 2 aliphatic carbocycles. The molecule has 2 heteroatoms. The van der Waals surface area contributed by atoms with Crippen molar-refractivity contribution in [2.45, 2.75) is 36.8 Å². The molecule has 4 atom stereocenters. The second-order valence-corrected chi connectivity index (χ2v) is 7.65. The minimum absolute atomic E-state index is 0.229. The maximum absolute atomic E-state index is 12.6. The Kier molecular flexibility index (Phi) is 3.53. The van der Waals surface area contributed by atoms with Crippen molar-refractivity contribution in [3.63, 3.8) is 0 Å². The molecule has 2 saturated carbocycles. The van der Waals surface area contributed by atoms with Gasteiger partial charge in [0, 0.05) is 16.1 Å². The number of Topliss-reactive ketones (excluding diaryl/α,β-unsaturated/α-hetero) is 1. The Labute approximate surface area is 125 Å². The van der Waals surface area contributed by atoms with Gasteiger partial charge in [0.05, 0.1) is 5.41 Å². The standard InChI is InChI=1S/C18H22OS/c1-4-18-11-10-14(12(2)3)15(16(18)19)17(18)20-13-8-6-5-7-9-13/h4-9,12,14-15,17H,1,10-11H2,2-3H3/t14?,15?,17-,18?/m0/s1. The van der Waals surface area contributed by atoms with Crippen LogP contribution in [-0.4, -0.2) is 11.0 Å². The fourth-order valence-corrected chi connectivity index (χ4v) is 5.59. The highest BCUT2D eigenvalue weighted by molar-refractivity contribution is 8.00. The number of hydrogen-bond acceptors (Lipinski definition) is 2. The van der Waals surface area contributed by atoms with E-state index in [2.05, 4.69) is 44.7 Å². The van der Waals surface area contributed by atoms with Gasteiger partial charge in [-0.15, -0.1) is 18.3 Å². The molecule has 0 saturated heterocycles. The summed E-state index contributed by atoms with van der Waals surface area (Å²) in [6, 6.07) is 10.5. The van der Waals surface area contributed by atoms with Gasteiger partial charge in [0.2, 0.25) is 0 Å². The fraction of sp³-hybridized carbons (Fsp3) is 0.500. The zero-order valence-corrected chi connectivity index (χ0v) is 13.0. The molecule has 1 aromatic rings. The van der Waals surface area contributed by atoms with Gasteiger partial charge in [-0.05, 0) is 36.8 Å². The summed E-state index contributed by atoms with van der Waals surface area (Å²) in [7, 11) is 0. The number of carbonyl (C=O) groups is 1. The van der Waals surface area contributed by atoms with Crippen LogP contribution in [0.25, 0.3) is 0 Å². The quantitative estimate of drug-likeness (QED) is 0.753. The Morgan fingerprint density at radius 1 is 1.35 bits per heavy atom. The number of hydrogen-bond donors (Lipinski definition) is 0. The highest BCUT2D eigenvalue weighted by Crippen LogP contribution is 2.62. The molecule has 0 radical (unpaired) electrons. The Morgan fingerprint density at radius 2 is 2.05 bits per heavy atom. The van der Waals surface area contributed by atoms with Gasteiger partial charge in [-0.2, -0.15) is 0 Å². The third-order valence-electron chi connectivity index (χ3n) is 5.17. The minimum Gasteiger partial charge on any atom is -0.298 e. The monoisotopic (exact) mass is 286 g/mol. The summed E-state index contributed by atoms with van der Waals surface area (Å²) >= 11 is 1.88. The molecule has 20 heavy (non-hydrogen) atoms. The van der Waals surface area contributed by atoms with Crippen molar-refractivity contribution in [2.75, 3.05) is 0 Å². The van der Waals surface area contributed by atoms with E-state index in [-0.39, 0.29) is 11.3 Å². The molecule has 2 fully saturated rings. The van der Waals surface area contributed by atoms with Crippen molar-refractivity contribution in [2.24, 2.45) is 23.2 Å². The van der Waals surface area contributed by atoms with Gasteiger partial charge in [-0.3, -0.25) is 4.79 Å². The van der Waals surface area contributed by atoms with E-state index >= 15 is 0 Å². The first-order valence-electron chi connectivity index (χ1n) is 7.50. The molecule has 1 aromatic carbocycles. The maximum atomic E-state index is 12.6. The number of allylic oxidation sites excluding steroid dienone is 1. The van der Waals surface area contributed by atoms with Crippen molar-refractivity contribution in [3.05, 3.63) is 43.0 Å². The summed E-state index contributed by atoms with van der Waals surface area (Å²) in [4.78, 5) is 13.9. The van der Waals surface area contributed by atoms with E-state index in [1.54, 1.807) is 0 Å². The lowest BCUT2D eigenvalue weighted by molar-refractivity contribution is -0.152. The number of benzene rings is 1. The molecule has 0 spiro atoms. The molecule has 0 amide bonds. The highest BCUT2D eigenvalue weighted by atomic mass is 32.2. The molecule has 2 aliphatic rings. The van der Waals surface area contributed by atoms with Crippen LogP contribution >= 0.6 is 11.8 Å². The first kappa shape index (κ1) is 13.9. The topological polar surface area (TPSA) is 17.1 Å². The summed E-state index contributed by atoms with van der Waals surface area (Å²) in [5.74, 6) is 1.81. The van der Waals surface area contributed by atoms with E-state index in [1.807, 2.05) is 23.9 Å². The molecule has 0 aromatic heterocycles. The van der Waals surface area contributed by atoms with Crippen LogP contribution in [0.3, 0.4) is 0 Å². The molecule has 3 rings (SSSR count). The highest BCUT2D eigenvalue weighted by Gasteiger charge is 2.65. The Hall–Kier alpha value is -1.02. The second kappa shape index (κ2) is 5.07. The number of fused-ring (bicyclic) bond motifs is 2. The number of ketones is 1. The summed E-state index contributed by atoms with van der Waals surface area (Å²) in [5.41, 5.74) is -0.253. The number of thioether (sulfide) groups is 1. The first-order valence-corrected chi connectivity index (χ1v) is 8.38. The molecule has 1 nitrogen and oxygen atoms in total. The lowest BCUT2D eigenvalue weighted by Gasteiger charge is -2.59. The van der Waals surface area contributed by atoms with Gasteiger partial charge in [0.15, 0.2) is 0 Å². The normalized spacial score (nSPS) is 35.8. The maximum Gasteiger partial charge on any atom is 0.148 e. The Bertz CT molecular complexity index is 521. The number of carbonyl (C=O) groups excluding carboxylic acids is 1. The van der Waals surface area contributed by atoms with Gasteiger partial charge in [0.25, 0.3) is 0 Å². The second-order valence-electron chi connectivity index (χ2n) is 6.43. The van der Waals surface area contributed by atoms with Crippen LogP contribution in [0.4, 0.5) is 0 Å². The molecule has 0 heterocycles. The van der Waals surface area contributed by atoms with Gasteiger partial charge < -0.3 is 0 Å². The van der Waals surface area contributed by atoms with Crippen molar-refractivity contribution in [1.82, 2.24) is 0 Å². The summed E-state index contributed by atoms with van der Waals surface area (Å²) < 4.78 is 0. The third kappa shape index (κ3) is 1.88. The fourth-order valence-electron chi connectivity index (χ4n) is 3.97. The largest absolute Gasteiger partial charge is 0.298 e. The van der Waals surface area contributed by atoms with Crippen molar-refractivity contribution in [1.29, 1.82) is 0 Å². The third-order valence-corrected chi connectivity index (χ3v) is 6.69. The summed E-state index contributed by atoms with van der Waals surface area (Å²) in [6.07, 6.45) is 4.09. The van der Waals surface area contributed by atoms with E-state index in [9.17, 15) is 4.79 Å². The smallest absolute Gasteiger partial charge is 0.148 e. The zero-order chi connectivity index (χ0) is 14.3. The van der Waals surface area contributed by atoms with Crippen molar-refractivity contribution >= 4 is 17.5 Å². The lowest BCUT2D eigenvalue weighted by Crippen LogP contribution is -2.65. The lowest BCUT2D eigenvalue weighted by atomic mass is 9.47. The summed E-state index contributed by atoms with van der Waals surface area (Å²) in [5, 5.41) is 0.385. The van der Waals surface area contributed by atoms with Gasteiger partial charge in [0.1, 0.15) is 5.78 Å². The van der Waals surface area contributed by atoms with E-state index < -0.39 is 0 Å². The van der Waals surface area contributed by atoms with Crippen LogP contribution in [0.1, 0.15) is 26.7 Å². The predicted molar refractivity (Wildman–Crippen MR) is 84.8 cm³/mol. The molecule has 3 unspecified atom stereocenters. The van der Waals surface area contributed by atoms with E-state index in [0.717, 1.165) is 6.42 Å². The van der Waals surface area contributed by atoms with Gasteiger partial charge >= 0.3 is 0 Å². The Balaban J connectivity index is 1.88. The van der Waals surface area contributed by atoms with E-state index in [0.29, 0.717) is 22.9 Å². The minimum atomic E-state index is -0.253. The van der Waals surface area contributed by atoms with Crippen LogP contribution < -0.4 is 0 Å². The van der Waals surface area contributed by atoms with Crippen molar-refractivity contribution in [3.8, 4) is 0 Å². The predicted octanol–water partition coefficient (Wildman–Crippen LogP) is 4.58. The van der Waals surface area contributed by atoms with Crippen molar-refractivity contribution < 1.29 is 4.79 Å². The van der Waals surface area contributed by atoms with Crippen LogP contribution in [0.5, 0.6) is 0 Å². The molecule has 2 bridgehead atoms. The van der Waals surface area contributed by atoms with E-state index in [1.165, 1.54) is 11.3 Å². The molecule has 0 aliphatic heterocycles.